The van der Waals surface area contributed by atoms with Crippen molar-refractivity contribution in [2.24, 2.45) is 0 Å². The molecule has 2 aromatic rings. The monoisotopic (exact) mass is 258 g/mol. The fourth-order valence-electron chi connectivity index (χ4n) is 1.21. The van der Waals surface area contributed by atoms with E-state index in [1.165, 1.54) is 12.1 Å². The van der Waals surface area contributed by atoms with Gasteiger partial charge in [0.05, 0.1) is 0 Å². The molecule has 0 aliphatic carbocycles. The average molecular weight is 258 g/mol. The van der Waals surface area contributed by atoms with Crippen LogP contribution < -0.4 is 56.2 Å². The number of thiophene rings is 1. The van der Waals surface area contributed by atoms with Crippen molar-refractivity contribution in [2.45, 2.75) is 0 Å². The van der Waals surface area contributed by atoms with Crippen LogP contribution in [-0.2, 0) is 0 Å². The van der Waals surface area contributed by atoms with Crippen LogP contribution in [0.5, 0.6) is 0 Å². The third kappa shape index (κ3) is 2.83. The van der Waals surface area contributed by atoms with Gasteiger partial charge in [0.25, 0.3) is 0 Å². The van der Waals surface area contributed by atoms with Crippen LogP contribution in [0, 0.1) is 5.82 Å². The maximum absolute atomic E-state index is 13.0. The van der Waals surface area contributed by atoms with Gasteiger partial charge in [0.2, 0.25) is 0 Å². The SMILES string of the molecule is Fc1cccc2sc([B-](F)(F)F)cc12.[K+]. The summed E-state index contributed by atoms with van der Waals surface area (Å²) in [5, 5.41) is 0.0479. The van der Waals surface area contributed by atoms with Crippen molar-refractivity contribution >= 4 is 33.2 Å². The van der Waals surface area contributed by atoms with Gasteiger partial charge in [0.15, 0.2) is 0 Å². The summed E-state index contributed by atoms with van der Waals surface area (Å²) in [6.07, 6.45) is 0. The zero-order valence-electron chi connectivity index (χ0n) is 7.81. The number of hydrogen-bond donors (Lipinski definition) is 0. The molecule has 0 fully saturated rings. The summed E-state index contributed by atoms with van der Waals surface area (Å²) in [6.45, 7) is -5.02. The van der Waals surface area contributed by atoms with E-state index in [1.54, 1.807) is 0 Å². The second-order valence-electron chi connectivity index (χ2n) is 2.88. The van der Waals surface area contributed by atoms with E-state index in [9.17, 15) is 17.3 Å². The summed E-state index contributed by atoms with van der Waals surface area (Å²) in [5.74, 6) is -0.606. The van der Waals surface area contributed by atoms with Gasteiger partial charge in [-0.15, -0.1) is 0 Å². The molecule has 0 unspecified atom stereocenters. The average Bonchev–Trinajstić information content (AvgIpc) is 2.48. The minimum absolute atomic E-state index is 0. The first-order valence-corrected chi connectivity index (χ1v) is 4.68. The molecule has 1 heterocycles. The summed E-state index contributed by atoms with van der Waals surface area (Å²) < 4.78 is 49.6. The molecular weight excluding hydrogens is 254 g/mol. The third-order valence-corrected chi connectivity index (χ3v) is 3.05. The zero-order chi connectivity index (χ0) is 10.3. The van der Waals surface area contributed by atoms with Crippen LogP contribution >= 0.6 is 11.3 Å². The number of halogens is 4. The number of benzene rings is 1. The topological polar surface area (TPSA) is 0 Å². The van der Waals surface area contributed by atoms with Crippen LogP contribution in [-0.4, -0.2) is 6.98 Å². The molecule has 0 aliphatic rings. The molecule has 0 atom stereocenters. The Bertz CT molecular complexity index is 479. The molecule has 1 aromatic carbocycles. The van der Waals surface area contributed by atoms with Crippen LogP contribution in [0.2, 0.25) is 0 Å². The number of hydrogen-bond acceptors (Lipinski definition) is 1. The van der Waals surface area contributed by atoms with Crippen molar-refractivity contribution < 1.29 is 68.7 Å². The van der Waals surface area contributed by atoms with Crippen molar-refractivity contribution in [3.63, 3.8) is 0 Å². The second kappa shape index (κ2) is 4.85. The first-order valence-electron chi connectivity index (χ1n) is 3.86. The Labute approximate surface area is 130 Å². The quantitative estimate of drug-likeness (QED) is 0.502. The Morgan fingerprint density at radius 2 is 1.80 bits per heavy atom. The standard InChI is InChI=1S/C8H4BF4S.K/c10-6-2-1-3-7-5(6)4-8(14-7)9(11,12)13;/h1-4H;/q-1;+1. The molecule has 15 heavy (non-hydrogen) atoms. The summed E-state index contributed by atoms with van der Waals surface area (Å²) in [5.41, 5.74) is 0. The van der Waals surface area contributed by atoms with Gasteiger partial charge in [-0.2, -0.15) is 11.3 Å². The smallest absolute Gasteiger partial charge is 0.444 e. The first kappa shape index (κ1) is 13.7. The molecule has 0 saturated heterocycles. The molecule has 0 bridgehead atoms. The second-order valence-corrected chi connectivity index (χ2v) is 3.99. The minimum atomic E-state index is -5.02. The molecule has 0 nitrogen and oxygen atoms in total. The predicted molar refractivity (Wildman–Crippen MR) is 50.5 cm³/mol. The molecule has 0 saturated carbocycles. The van der Waals surface area contributed by atoms with E-state index in [1.807, 2.05) is 0 Å². The normalized spacial score (nSPS) is 11.5. The number of fused-ring (bicyclic) bond motifs is 1. The molecule has 1 aromatic heterocycles. The molecule has 0 spiro atoms. The Kier molecular flexibility index (Phi) is 4.42. The van der Waals surface area contributed by atoms with E-state index in [4.69, 9.17) is 0 Å². The van der Waals surface area contributed by atoms with Crippen molar-refractivity contribution in [2.75, 3.05) is 0 Å². The fourth-order valence-corrected chi connectivity index (χ4v) is 2.18. The van der Waals surface area contributed by atoms with Crippen LogP contribution in [0.3, 0.4) is 0 Å². The molecular formula is C8H4BF4KS. The summed E-state index contributed by atoms with van der Waals surface area (Å²) in [7, 11) is 0. The maximum Gasteiger partial charge on any atom is 1.00 e. The van der Waals surface area contributed by atoms with Crippen LogP contribution in [0.15, 0.2) is 24.3 Å². The van der Waals surface area contributed by atoms with Crippen LogP contribution in [0.25, 0.3) is 10.1 Å². The molecule has 2 rings (SSSR count). The summed E-state index contributed by atoms with van der Waals surface area (Å²) in [4.78, 5) is 0. The predicted octanol–water partition coefficient (Wildman–Crippen LogP) is 0.0988. The Morgan fingerprint density at radius 1 is 1.13 bits per heavy atom. The van der Waals surface area contributed by atoms with Crippen molar-refractivity contribution in [1.82, 2.24) is 0 Å². The minimum Gasteiger partial charge on any atom is -0.444 e. The van der Waals surface area contributed by atoms with Crippen molar-refractivity contribution in [3.8, 4) is 0 Å². The van der Waals surface area contributed by atoms with Gasteiger partial charge in [-0.3, -0.25) is 0 Å². The van der Waals surface area contributed by atoms with Crippen molar-refractivity contribution in [1.29, 1.82) is 0 Å². The van der Waals surface area contributed by atoms with E-state index in [0.29, 0.717) is 16.0 Å². The molecule has 0 aliphatic heterocycles. The van der Waals surface area contributed by atoms with Gasteiger partial charge < -0.3 is 12.9 Å². The van der Waals surface area contributed by atoms with E-state index in [2.05, 4.69) is 0 Å². The Morgan fingerprint density at radius 3 is 2.33 bits per heavy atom. The van der Waals surface area contributed by atoms with E-state index < -0.39 is 17.6 Å². The zero-order valence-corrected chi connectivity index (χ0v) is 11.7. The Hall–Kier alpha value is 0.601. The summed E-state index contributed by atoms with van der Waals surface area (Å²) >= 11 is 0.581. The first-order chi connectivity index (χ1) is 6.48. The van der Waals surface area contributed by atoms with Crippen LogP contribution in [0.4, 0.5) is 17.3 Å². The van der Waals surface area contributed by atoms with Gasteiger partial charge >= 0.3 is 58.4 Å². The van der Waals surface area contributed by atoms with E-state index in [-0.39, 0.29) is 56.8 Å². The van der Waals surface area contributed by atoms with Crippen LogP contribution in [0.1, 0.15) is 0 Å². The largest absolute Gasteiger partial charge is 1.00 e. The maximum atomic E-state index is 13.0. The molecule has 74 valence electrons. The van der Waals surface area contributed by atoms with E-state index in [0.717, 1.165) is 12.1 Å². The van der Waals surface area contributed by atoms with Crippen molar-refractivity contribution in [3.05, 3.63) is 30.1 Å². The van der Waals surface area contributed by atoms with Gasteiger partial charge in [0.1, 0.15) is 5.82 Å². The van der Waals surface area contributed by atoms with Gasteiger partial charge in [-0.25, -0.2) is 4.39 Å². The molecule has 0 N–H and O–H groups in total. The molecule has 0 radical (unpaired) electrons. The van der Waals surface area contributed by atoms with E-state index >= 15 is 0 Å². The molecule has 0 amide bonds. The summed E-state index contributed by atoms with van der Waals surface area (Å²) in [6, 6.07) is 4.91. The van der Waals surface area contributed by atoms with Gasteiger partial charge in [0, 0.05) is 10.1 Å². The van der Waals surface area contributed by atoms with Gasteiger partial charge in [-0.05, 0) is 12.1 Å². The van der Waals surface area contributed by atoms with Gasteiger partial charge in [-0.1, -0.05) is 16.9 Å². The Balaban J connectivity index is 0.00000112. The molecule has 7 heteroatoms. The number of rotatable bonds is 1. The third-order valence-electron chi connectivity index (χ3n) is 1.85. The fraction of sp³-hybridized carbons (Fsp3) is 0.